The lowest BCUT2D eigenvalue weighted by atomic mass is 9.80. The third kappa shape index (κ3) is 2.20. The zero-order valence-corrected chi connectivity index (χ0v) is 17.2. The van der Waals surface area contributed by atoms with E-state index < -0.39 is 0 Å². The molecule has 0 saturated heterocycles. The third-order valence-electron chi connectivity index (χ3n) is 5.91. The summed E-state index contributed by atoms with van der Waals surface area (Å²) in [7, 11) is 1.89. The highest BCUT2D eigenvalue weighted by atomic mass is 35.5. The van der Waals surface area contributed by atoms with Crippen molar-refractivity contribution < 1.29 is 4.79 Å². The lowest BCUT2D eigenvalue weighted by molar-refractivity contribution is 0.104. The van der Waals surface area contributed by atoms with E-state index in [4.69, 9.17) is 16.6 Å². The molecular weight excluding hydrogens is 394 g/mol. The molecule has 6 rings (SSSR count). The number of pyridine rings is 1. The van der Waals surface area contributed by atoms with Crippen molar-refractivity contribution in [3.8, 4) is 22.4 Å². The van der Waals surface area contributed by atoms with Gasteiger partial charge in [0.05, 0.1) is 22.3 Å². The molecule has 2 heterocycles. The molecule has 0 unspecified atom stereocenters. The average Bonchev–Trinajstić information content (AvgIpc) is 3.04. The topological polar surface area (TPSA) is 47.8 Å². The normalized spacial score (nSPS) is 12.6. The first-order valence-corrected chi connectivity index (χ1v) is 10.1. The second-order valence-corrected chi connectivity index (χ2v) is 8.10. The van der Waals surface area contributed by atoms with Crippen molar-refractivity contribution >= 4 is 39.2 Å². The Hall–Kier alpha value is -3.50. The summed E-state index contributed by atoms with van der Waals surface area (Å²) in [6.07, 6.45) is 0. The van der Waals surface area contributed by atoms with Crippen molar-refractivity contribution in [1.29, 1.82) is 0 Å². The monoisotopic (exact) mass is 409 g/mol. The van der Waals surface area contributed by atoms with Crippen LogP contribution < -0.4 is 0 Å². The molecule has 30 heavy (non-hydrogen) atoms. The second-order valence-electron chi connectivity index (χ2n) is 7.66. The quantitative estimate of drug-likeness (QED) is 0.336. The lowest BCUT2D eigenvalue weighted by Crippen LogP contribution is -2.13. The lowest BCUT2D eigenvalue weighted by Gasteiger charge is -2.23. The van der Waals surface area contributed by atoms with Gasteiger partial charge in [-0.3, -0.25) is 9.48 Å². The first kappa shape index (κ1) is 17.4. The predicted molar refractivity (Wildman–Crippen MR) is 120 cm³/mol. The maximum absolute atomic E-state index is 13.8. The van der Waals surface area contributed by atoms with Crippen molar-refractivity contribution in [2.24, 2.45) is 7.05 Å². The van der Waals surface area contributed by atoms with Crippen molar-refractivity contribution in [2.45, 2.75) is 6.92 Å². The Labute approximate surface area is 177 Å². The van der Waals surface area contributed by atoms with Gasteiger partial charge in [-0.25, -0.2) is 4.98 Å². The van der Waals surface area contributed by atoms with Gasteiger partial charge in [-0.2, -0.15) is 5.10 Å². The molecule has 0 spiro atoms. The molecule has 0 N–H and O–H groups in total. The highest BCUT2D eigenvalue weighted by Gasteiger charge is 2.32. The zero-order valence-electron chi connectivity index (χ0n) is 16.4. The Morgan fingerprint density at radius 1 is 0.867 bits per heavy atom. The molecule has 2 aromatic heterocycles. The van der Waals surface area contributed by atoms with Gasteiger partial charge < -0.3 is 0 Å². The number of rotatable bonds is 1. The number of halogens is 1. The molecule has 0 saturated carbocycles. The number of nitrogens with zero attached hydrogens (tertiary/aromatic N) is 3. The molecule has 0 fully saturated rings. The molecule has 0 amide bonds. The van der Waals surface area contributed by atoms with Crippen LogP contribution in [0.2, 0.25) is 5.02 Å². The number of fused-ring (bicyclic) bond motifs is 4. The highest BCUT2D eigenvalue weighted by Crippen LogP contribution is 2.46. The van der Waals surface area contributed by atoms with Gasteiger partial charge in [0.1, 0.15) is 0 Å². The maximum Gasteiger partial charge on any atom is 0.196 e. The fourth-order valence-electron chi connectivity index (χ4n) is 4.65. The summed E-state index contributed by atoms with van der Waals surface area (Å²) in [6, 6.07) is 19.6. The van der Waals surface area contributed by atoms with Gasteiger partial charge in [-0.1, -0.05) is 60.1 Å². The van der Waals surface area contributed by atoms with Crippen LogP contribution >= 0.6 is 11.6 Å². The van der Waals surface area contributed by atoms with E-state index in [1.165, 1.54) is 0 Å². The Morgan fingerprint density at radius 2 is 1.57 bits per heavy atom. The van der Waals surface area contributed by atoms with Gasteiger partial charge >= 0.3 is 0 Å². The number of hydrogen-bond donors (Lipinski definition) is 0. The fourth-order valence-corrected chi connectivity index (χ4v) is 4.78. The van der Waals surface area contributed by atoms with Gasteiger partial charge in [-0.15, -0.1) is 0 Å². The molecule has 0 bridgehead atoms. The van der Waals surface area contributed by atoms with Crippen molar-refractivity contribution in [1.82, 2.24) is 14.8 Å². The maximum atomic E-state index is 13.8. The van der Waals surface area contributed by atoms with Crippen molar-refractivity contribution in [3.05, 3.63) is 82.5 Å². The molecule has 0 atom stereocenters. The summed E-state index contributed by atoms with van der Waals surface area (Å²) in [5.74, 6) is -0.00287. The number of carbonyl (C=O) groups excluding carboxylic acids is 1. The Bertz CT molecular complexity index is 1530. The first-order valence-electron chi connectivity index (χ1n) is 9.74. The van der Waals surface area contributed by atoms with Crippen LogP contribution in [0.1, 0.15) is 21.6 Å². The summed E-state index contributed by atoms with van der Waals surface area (Å²) < 4.78 is 1.79. The van der Waals surface area contributed by atoms with E-state index in [-0.39, 0.29) is 5.78 Å². The van der Waals surface area contributed by atoms with Crippen LogP contribution in [0, 0.1) is 6.92 Å². The van der Waals surface area contributed by atoms with Gasteiger partial charge in [0.25, 0.3) is 0 Å². The molecule has 5 aromatic rings. The SMILES string of the molecule is Cc1nn(C)c2nc(-c3ccc(Cl)cc3)c3c(c12)-c1cccc2cccc(c12)C3=O. The summed E-state index contributed by atoms with van der Waals surface area (Å²) in [4.78, 5) is 18.8. The average molecular weight is 410 g/mol. The summed E-state index contributed by atoms with van der Waals surface area (Å²) in [6.45, 7) is 1.97. The number of hydrogen-bond acceptors (Lipinski definition) is 3. The van der Waals surface area contributed by atoms with Crippen LogP contribution in [0.5, 0.6) is 0 Å². The van der Waals surface area contributed by atoms with E-state index >= 15 is 0 Å². The molecule has 1 aliphatic rings. The predicted octanol–water partition coefficient (Wildman–Crippen LogP) is 5.96. The standard InChI is InChI=1S/C25H16ClN3O/c1-13-19-21-17-7-3-5-14-6-4-8-18(20(14)17)24(30)22(21)23(27-25(19)29(2)28-13)15-9-11-16(26)12-10-15/h3-12H,1-2H3. The Kier molecular flexibility index (Phi) is 3.47. The molecule has 0 aliphatic heterocycles. The van der Waals surface area contributed by atoms with E-state index in [1.54, 1.807) is 4.68 Å². The smallest absolute Gasteiger partial charge is 0.196 e. The first-order chi connectivity index (χ1) is 14.5. The largest absolute Gasteiger partial charge is 0.288 e. The number of benzene rings is 3. The number of aryl methyl sites for hydroxylation is 2. The fraction of sp³-hybridized carbons (Fsp3) is 0.0800. The molecule has 1 aliphatic carbocycles. The Morgan fingerprint density at radius 3 is 2.30 bits per heavy atom. The minimum absolute atomic E-state index is 0.00287. The van der Waals surface area contributed by atoms with Crippen molar-refractivity contribution in [3.63, 3.8) is 0 Å². The van der Waals surface area contributed by atoms with Crippen molar-refractivity contribution in [2.75, 3.05) is 0 Å². The van der Waals surface area contributed by atoms with E-state index in [2.05, 4.69) is 23.3 Å². The van der Waals surface area contributed by atoms with E-state index in [0.717, 1.165) is 44.2 Å². The van der Waals surface area contributed by atoms with Crippen LogP contribution in [0.15, 0.2) is 60.7 Å². The highest BCUT2D eigenvalue weighted by molar-refractivity contribution is 6.31. The molecule has 5 heteroatoms. The van der Waals surface area contributed by atoms with E-state index in [9.17, 15) is 4.79 Å². The van der Waals surface area contributed by atoms with Gasteiger partial charge in [0.2, 0.25) is 0 Å². The molecule has 0 radical (unpaired) electrons. The second kappa shape index (κ2) is 6.00. The molecule has 4 nitrogen and oxygen atoms in total. The minimum Gasteiger partial charge on any atom is -0.288 e. The minimum atomic E-state index is -0.00287. The molecule has 144 valence electrons. The van der Waals surface area contributed by atoms with Crippen LogP contribution in [0.3, 0.4) is 0 Å². The van der Waals surface area contributed by atoms with E-state index in [0.29, 0.717) is 21.8 Å². The summed E-state index contributed by atoms with van der Waals surface area (Å²) >= 11 is 6.11. The van der Waals surface area contributed by atoms with Gasteiger partial charge in [0, 0.05) is 34.1 Å². The number of aromatic nitrogens is 3. The summed E-state index contributed by atoms with van der Waals surface area (Å²) in [5.41, 5.74) is 6.47. The number of carbonyl (C=O) groups is 1. The Balaban J connectivity index is 1.86. The van der Waals surface area contributed by atoms with E-state index in [1.807, 2.05) is 56.4 Å². The number of ketones is 1. The van der Waals surface area contributed by atoms with Crippen LogP contribution in [-0.4, -0.2) is 20.5 Å². The van der Waals surface area contributed by atoms with Crippen LogP contribution in [-0.2, 0) is 7.05 Å². The van der Waals surface area contributed by atoms with Crippen LogP contribution in [0.4, 0.5) is 0 Å². The molecular formula is C25H16ClN3O. The van der Waals surface area contributed by atoms with Crippen LogP contribution in [0.25, 0.3) is 44.2 Å². The summed E-state index contributed by atoms with van der Waals surface area (Å²) in [5, 5.41) is 8.24. The zero-order chi connectivity index (χ0) is 20.6. The molecule has 3 aromatic carbocycles. The van der Waals surface area contributed by atoms with Gasteiger partial charge in [-0.05, 0) is 30.0 Å². The van der Waals surface area contributed by atoms with Gasteiger partial charge in [0.15, 0.2) is 11.4 Å². The third-order valence-corrected chi connectivity index (χ3v) is 6.16.